The highest BCUT2D eigenvalue weighted by Crippen LogP contribution is 2.33. The zero-order chi connectivity index (χ0) is 12.6. The van der Waals surface area contributed by atoms with Crippen molar-refractivity contribution in [2.75, 3.05) is 29.2 Å². The average molecular weight is 254 g/mol. The first-order valence-electron chi connectivity index (χ1n) is 6.15. The lowest BCUT2D eigenvalue weighted by molar-refractivity contribution is 0.648. The number of aryl methyl sites for hydroxylation is 1. The van der Waals surface area contributed by atoms with E-state index < -0.39 is 0 Å². The van der Waals surface area contributed by atoms with Crippen LogP contribution in [0.2, 0.25) is 0 Å². The molecule has 0 amide bonds. The van der Waals surface area contributed by atoms with Crippen LogP contribution in [0.3, 0.4) is 0 Å². The largest absolute Gasteiger partial charge is 0.394 e. The van der Waals surface area contributed by atoms with Gasteiger partial charge in [0, 0.05) is 25.9 Å². The van der Waals surface area contributed by atoms with Crippen LogP contribution in [-0.2, 0) is 7.05 Å². The Morgan fingerprint density at radius 3 is 2.71 bits per heavy atom. The Balaban J connectivity index is 2.31. The van der Waals surface area contributed by atoms with E-state index in [1.54, 1.807) is 0 Å². The van der Waals surface area contributed by atoms with E-state index in [2.05, 4.69) is 30.9 Å². The third-order valence-corrected chi connectivity index (χ3v) is 4.56. The summed E-state index contributed by atoms with van der Waals surface area (Å²) >= 11 is 2.02. The number of hydrogen-bond donors (Lipinski definition) is 1. The fourth-order valence-corrected chi connectivity index (χ4v) is 3.66. The Morgan fingerprint density at radius 2 is 2.24 bits per heavy atom. The fourth-order valence-electron chi connectivity index (χ4n) is 2.40. The lowest BCUT2D eigenvalue weighted by atomic mass is 10.1. The van der Waals surface area contributed by atoms with E-state index in [4.69, 9.17) is 5.73 Å². The second-order valence-electron chi connectivity index (χ2n) is 5.03. The fraction of sp³-hybridized carbons (Fsp3) is 0.750. The Labute approximate surface area is 108 Å². The van der Waals surface area contributed by atoms with Crippen LogP contribution in [-0.4, -0.2) is 34.4 Å². The summed E-state index contributed by atoms with van der Waals surface area (Å²) in [6.45, 7) is 4.27. The topological polar surface area (TPSA) is 47.1 Å². The number of nitrogen functional groups attached to an aromatic ring is 1. The van der Waals surface area contributed by atoms with Gasteiger partial charge in [0.25, 0.3) is 0 Å². The van der Waals surface area contributed by atoms with Gasteiger partial charge in [-0.2, -0.15) is 16.9 Å². The standard InChI is InChI=1S/C12H22N4S/c1-8(2)11-10(13)12(16(4)14-11)15(3)9-5-6-17-7-9/h8-9H,5-7,13H2,1-4H3. The van der Waals surface area contributed by atoms with E-state index in [-0.39, 0.29) is 0 Å². The number of rotatable bonds is 3. The molecule has 96 valence electrons. The van der Waals surface area contributed by atoms with Crippen molar-refractivity contribution in [3.8, 4) is 0 Å². The Bertz CT molecular complexity index is 393. The Morgan fingerprint density at radius 1 is 1.53 bits per heavy atom. The minimum Gasteiger partial charge on any atom is -0.394 e. The molecule has 4 nitrogen and oxygen atoms in total. The van der Waals surface area contributed by atoms with Crippen LogP contribution in [0.4, 0.5) is 11.5 Å². The summed E-state index contributed by atoms with van der Waals surface area (Å²) in [5, 5.41) is 4.55. The molecular formula is C12H22N4S. The quantitative estimate of drug-likeness (QED) is 0.897. The molecule has 0 saturated carbocycles. The SMILES string of the molecule is CC(C)c1nn(C)c(N(C)C2CCSC2)c1N. The van der Waals surface area contributed by atoms with Gasteiger partial charge in [0.15, 0.2) is 0 Å². The van der Waals surface area contributed by atoms with Crippen LogP contribution < -0.4 is 10.6 Å². The molecule has 1 aromatic rings. The molecule has 0 bridgehead atoms. The van der Waals surface area contributed by atoms with Crippen LogP contribution in [0.15, 0.2) is 0 Å². The molecule has 0 aliphatic carbocycles. The second kappa shape index (κ2) is 4.80. The van der Waals surface area contributed by atoms with Crippen LogP contribution in [0.25, 0.3) is 0 Å². The molecular weight excluding hydrogens is 232 g/mol. The second-order valence-corrected chi connectivity index (χ2v) is 6.18. The molecule has 1 aliphatic heterocycles. The third kappa shape index (κ3) is 2.25. The molecule has 1 aromatic heterocycles. The number of nitrogens with zero attached hydrogens (tertiary/aromatic N) is 3. The predicted molar refractivity (Wildman–Crippen MR) is 75.8 cm³/mol. The van der Waals surface area contributed by atoms with Crippen molar-refractivity contribution >= 4 is 23.3 Å². The summed E-state index contributed by atoms with van der Waals surface area (Å²) in [4.78, 5) is 2.30. The van der Waals surface area contributed by atoms with Crippen LogP contribution >= 0.6 is 11.8 Å². The summed E-state index contributed by atoms with van der Waals surface area (Å²) in [7, 11) is 4.12. The molecule has 1 aliphatic rings. The summed E-state index contributed by atoms with van der Waals surface area (Å²) in [5.41, 5.74) is 8.10. The minimum atomic E-state index is 0.376. The summed E-state index contributed by atoms with van der Waals surface area (Å²) in [5.74, 6) is 3.89. The third-order valence-electron chi connectivity index (χ3n) is 3.42. The highest BCUT2D eigenvalue weighted by atomic mass is 32.2. The van der Waals surface area contributed by atoms with Crippen molar-refractivity contribution in [3.05, 3.63) is 5.69 Å². The zero-order valence-corrected chi connectivity index (χ0v) is 11.9. The van der Waals surface area contributed by atoms with Gasteiger partial charge in [-0.05, 0) is 18.1 Å². The summed E-state index contributed by atoms with van der Waals surface area (Å²) in [6, 6.07) is 0.595. The monoisotopic (exact) mass is 254 g/mol. The summed E-state index contributed by atoms with van der Waals surface area (Å²) in [6.07, 6.45) is 1.24. The lowest BCUT2D eigenvalue weighted by Crippen LogP contribution is -2.33. The lowest BCUT2D eigenvalue weighted by Gasteiger charge is -2.26. The normalized spacial score (nSPS) is 20.2. The van der Waals surface area contributed by atoms with Gasteiger partial charge in [0.2, 0.25) is 0 Å². The first kappa shape index (κ1) is 12.6. The number of hydrogen-bond acceptors (Lipinski definition) is 4. The molecule has 1 fully saturated rings. The molecule has 0 spiro atoms. The van der Waals surface area contributed by atoms with E-state index in [0.717, 1.165) is 17.2 Å². The molecule has 1 atom stereocenters. The molecule has 1 unspecified atom stereocenters. The van der Waals surface area contributed by atoms with Crippen molar-refractivity contribution in [1.29, 1.82) is 0 Å². The number of anilines is 2. The van der Waals surface area contributed by atoms with Crippen molar-refractivity contribution in [1.82, 2.24) is 9.78 Å². The summed E-state index contributed by atoms with van der Waals surface area (Å²) < 4.78 is 1.92. The molecule has 5 heteroatoms. The number of nitrogens with two attached hydrogens (primary N) is 1. The van der Waals surface area contributed by atoms with E-state index in [1.165, 1.54) is 17.9 Å². The highest BCUT2D eigenvalue weighted by Gasteiger charge is 2.26. The van der Waals surface area contributed by atoms with Crippen LogP contribution in [0, 0.1) is 0 Å². The van der Waals surface area contributed by atoms with Gasteiger partial charge >= 0.3 is 0 Å². The van der Waals surface area contributed by atoms with Gasteiger partial charge in [-0.1, -0.05) is 13.8 Å². The maximum absolute atomic E-state index is 6.24. The van der Waals surface area contributed by atoms with Crippen LogP contribution in [0.1, 0.15) is 31.9 Å². The molecule has 2 rings (SSSR count). The molecule has 0 aromatic carbocycles. The van der Waals surface area contributed by atoms with Crippen molar-refractivity contribution < 1.29 is 0 Å². The first-order valence-corrected chi connectivity index (χ1v) is 7.30. The van der Waals surface area contributed by atoms with Gasteiger partial charge < -0.3 is 10.6 Å². The van der Waals surface area contributed by atoms with E-state index >= 15 is 0 Å². The molecule has 1 saturated heterocycles. The van der Waals surface area contributed by atoms with Crippen molar-refractivity contribution in [2.24, 2.45) is 7.05 Å². The Kier molecular flexibility index (Phi) is 3.56. The van der Waals surface area contributed by atoms with Crippen molar-refractivity contribution in [3.63, 3.8) is 0 Å². The van der Waals surface area contributed by atoms with Gasteiger partial charge in [0.05, 0.1) is 11.4 Å². The average Bonchev–Trinajstić information content (AvgIpc) is 2.86. The highest BCUT2D eigenvalue weighted by molar-refractivity contribution is 7.99. The van der Waals surface area contributed by atoms with E-state index in [9.17, 15) is 0 Å². The van der Waals surface area contributed by atoms with E-state index in [1.807, 2.05) is 23.5 Å². The maximum Gasteiger partial charge on any atom is 0.150 e. The molecule has 17 heavy (non-hydrogen) atoms. The zero-order valence-electron chi connectivity index (χ0n) is 11.1. The van der Waals surface area contributed by atoms with E-state index in [0.29, 0.717) is 12.0 Å². The molecule has 0 radical (unpaired) electrons. The molecule has 2 heterocycles. The van der Waals surface area contributed by atoms with Gasteiger partial charge in [0.1, 0.15) is 5.82 Å². The minimum absolute atomic E-state index is 0.376. The van der Waals surface area contributed by atoms with Crippen molar-refractivity contribution in [2.45, 2.75) is 32.2 Å². The van der Waals surface area contributed by atoms with Crippen LogP contribution in [0.5, 0.6) is 0 Å². The van der Waals surface area contributed by atoms with Gasteiger partial charge in [-0.25, -0.2) is 0 Å². The van der Waals surface area contributed by atoms with Gasteiger partial charge in [-0.3, -0.25) is 4.68 Å². The first-order chi connectivity index (χ1) is 8.02. The smallest absolute Gasteiger partial charge is 0.150 e. The number of aromatic nitrogens is 2. The predicted octanol–water partition coefficient (Wildman–Crippen LogP) is 2.07. The Hall–Kier alpha value is -0.840. The number of thioether (sulfide) groups is 1. The van der Waals surface area contributed by atoms with Gasteiger partial charge in [-0.15, -0.1) is 0 Å². The maximum atomic E-state index is 6.24. The molecule has 2 N–H and O–H groups in total.